The van der Waals surface area contributed by atoms with E-state index in [-0.39, 0.29) is 17.2 Å². The predicted octanol–water partition coefficient (Wildman–Crippen LogP) is 8.99. The molecule has 32 heavy (non-hydrogen) atoms. The summed E-state index contributed by atoms with van der Waals surface area (Å²) in [6, 6.07) is 6.59. The molecule has 0 aliphatic heterocycles. The Morgan fingerprint density at radius 1 is 1.06 bits per heavy atom. The molecule has 0 amide bonds. The van der Waals surface area contributed by atoms with Gasteiger partial charge in [0.05, 0.1) is 12.2 Å². The molecule has 1 aromatic rings. The van der Waals surface area contributed by atoms with Gasteiger partial charge < -0.3 is 4.74 Å². The van der Waals surface area contributed by atoms with Gasteiger partial charge >= 0.3 is 5.97 Å². The maximum Gasteiger partial charge on any atom is 0.338 e. The molecule has 0 spiro atoms. The first-order valence-electron chi connectivity index (χ1n) is 12.2. The number of hydrogen-bond donors (Lipinski definition) is 0. The first-order chi connectivity index (χ1) is 15.2. The van der Waals surface area contributed by atoms with Crippen LogP contribution in [0.3, 0.4) is 0 Å². The number of allylic oxidation sites excluding steroid dienone is 4. The molecule has 3 heteroatoms. The lowest BCUT2D eigenvalue weighted by Gasteiger charge is -2.36. The molecule has 0 unspecified atom stereocenters. The van der Waals surface area contributed by atoms with Crippen LogP contribution in [-0.4, -0.2) is 12.6 Å². The molecule has 0 atom stereocenters. The predicted molar refractivity (Wildman–Crippen MR) is 133 cm³/mol. The van der Waals surface area contributed by atoms with Crippen molar-refractivity contribution in [3.8, 4) is 0 Å². The fraction of sp³-hybridized carbons (Fsp3) is 0.552. The van der Waals surface area contributed by atoms with Crippen LogP contribution in [0.15, 0.2) is 53.1 Å². The number of ether oxygens (including phenoxy) is 1. The standard InChI is InChI=1S/C29H41FO2/c1-7-8-9-10-11-12-20-32-28(31)25-17-15-24(16-18-25)27(30)23(4)22(3)26-21(2)14-13-19-29(26,5)6/h15-18H,3,7-14,19-20H2,1-2,4-6H3. The quantitative estimate of drug-likeness (QED) is 0.195. The third kappa shape index (κ3) is 6.92. The molecule has 1 aliphatic carbocycles. The maximum absolute atomic E-state index is 15.3. The summed E-state index contributed by atoms with van der Waals surface area (Å²) in [7, 11) is 0. The van der Waals surface area contributed by atoms with E-state index in [1.165, 1.54) is 36.8 Å². The lowest BCUT2D eigenvalue weighted by molar-refractivity contribution is 0.0497. The van der Waals surface area contributed by atoms with Crippen LogP contribution < -0.4 is 0 Å². The van der Waals surface area contributed by atoms with Gasteiger partial charge in [0, 0.05) is 5.56 Å². The summed E-state index contributed by atoms with van der Waals surface area (Å²) in [5, 5.41) is 0. The normalized spacial score (nSPS) is 16.6. The molecule has 0 bridgehead atoms. The topological polar surface area (TPSA) is 26.3 Å². The van der Waals surface area contributed by atoms with Gasteiger partial charge in [-0.3, -0.25) is 0 Å². The largest absolute Gasteiger partial charge is 0.462 e. The van der Waals surface area contributed by atoms with Crippen molar-refractivity contribution < 1.29 is 13.9 Å². The van der Waals surface area contributed by atoms with Crippen molar-refractivity contribution in [3.05, 3.63) is 64.3 Å². The number of benzene rings is 1. The summed E-state index contributed by atoms with van der Waals surface area (Å²) in [4.78, 5) is 12.3. The van der Waals surface area contributed by atoms with Crippen LogP contribution in [0, 0.1) is 5.41 Å². The van der Waals surface area contributed by atoms with Crippen molar-refractivity contribution in [2.45, 2.75) is 92.4 Å². The minimum atomic E-state index is -0.347. The van der Waals surface area contributed by atoms with E-state index in [0.29, 0.717) is 23.3 Å². The third-order valence-electron chi connectivity index (χ3n) is 6.65. The van der Waals surface area contributed by atoms with Gasteiger partial charge in [-0.2, -0.15) is 0 Å². The summed E-state index contributed by atoms with van der Waals surface area (Å²) < 4.78 is 20.7. The van der Waals surface area contributed by atoms with Crippen molar-refractivity contribution >= 4 is 11.8 Å². The van der Waals surface area contributed by atoms with Crippen LogP contribution in [0.5, 0.6) is 0 Å². The molecule has 0 fully saturated rings. The zero-order valence-corrected chi connectivity index (χ0v) is 20.8. The van der Waals surface area contributed by atoms with E-state index in [2.05, 4.69) is 34.3 Å². The third-order valence-corrected chi connectivity index (χ3v) is 6.65. The lowest BCUT2D eigenvalue weighted by Crippen LogP contribution is -2.22. The SMILES string of the molecule is C=C(C(C)=C(F)c1ccc(C(=O)OCCCCCCCC)cc1)C1=C(C)CCCC1(C)C. The number of unbranched alkanes of at least 4 members (excludes halogenated alkanes) is 5. The fourth-order valence-corrected chi connectivity index (χ4v) is 4.71. The smallest absolute Gasteiger partial charge is 0.338 e. The van der Waals surface area contributed by atoms with E-state index in [1.807, 2.05) is 0 Å². The Morgan fingerprint density at radius 2 is 1.66 bits per heavy atom. The molecule has 0 radical (unpaired) electrons. The number of carbonyl (C=O) groups excluding carboxylic acids is 1. The second-order valence-electron chi connectivity index (χ2n) is 9.79. The highest BCUT2D eigenvalue weighted by molar-refractivity contribution is 5.89. The minimum Gasteiger partial charge on any atom is -0.462 e. The molecule has 1 aliphatic rings. The molecule has 0 N–H and O–H groups in total. The van der Waals surface area contributed by atoms with Gasteiger partial charge in [0.15, 0.2) is 0 Å². The molecule has 0 saturated heterocycles. The zero-order valence-electron chi connectivity index (χ0n) is 20.8. The summed E-state index contributed by atoms with van der Waals surface area (Å²) in [5.41, 5.74) is 4.76. The van der Waals surface area contributed by atoms with Crippen LogP contribution in [0.25, 0.3) is 5.83 Å². The first kappa shape index (κ1) is 26.1. The molecule has 1 aromatic carbocycles. The van der Waals surface area contributed by atoms with Gasteiger partial charge in [0.2, 0.25) is 0 Å². The highest BCUT2D eigenvalue weighted by atomic mass is 19.1. The first-order valence-corrected chi connectivity index (χ1v) is 12.2. The number of rotatable bonds is 11. The molecular formula is C29H41FO2. The highest BCUT2D eigenvalue weighted by Gasteiger charge is 2.31. The average molecular weight is 441 g/mol. The summed E-state index contributed by atoms with van der Waals surface area (Å²) in [6.45, 7) is 15.2. The Morgan fingerprint density at radius 3 is 2.28 bits per heavy atom. The van der Waals surface area contributed by atoms with E-state index >= 15 is 4.39 Å². The summed E-state index contributed by atoms with van der Waals surface area (Å²) in [5.74, 6) is -0.635. The van der Waals surface area contributed by atoms with Crippen LogP contribution in [0.2, 0.25) is 0 Å². The molecule has 0 aromatic heterocycles. The zero-order chi connectivity index (χ0) is 23.7. The van der Waals surface area contributed by atoms with Gasteiger partial charge in [-0.1, -0.05) is 77.2 Å². The lowest BCUT2D eigenvalue weighted by atomic mass is 9.69. The van der Waals surface area contributed by atoms with E-state index < -0.39 is 0 Å². The van der Waals surface area contributed by atoms with E-state index in [0.717, 1.165) is 37.7 Å². The average Bonchev–Trinajstić information content (AvgIpc) is 2.76. The Hall–Kier alpha value is -2.16. The van der Waals surface area contributed by atoms with E-state index in [1.54, 1.807) is 31.2 Å². The minimum absolute atomic E-state index is 0.00454. The molecule has 176 valence electrons. The number of halogens is 1. The van der Waals surface area contributed by atoms with E-state index in [4.69, 9.17) is 4.74 Å². The molecule has 2 rings (SSSR count). The van der Waals surface area contributed by atoms with Gasteiger partial charge in [-0.15, -0.1) is 0 Å². The Bertz CT molecular complexity index is 856. The Balaban J connectivity index is 2.01. The van der Waals surface area contributed by atoms with Gasteiger partial charge in [0.1, 0.15) is 5.83 Å². The van der Waals surface area contributed by atoms with Crippen LogP contribution in [-0.2, 0) is 4.74 Å². The van der Waals surface area contributed by atoms with Crippen molar-refractivity contribution in [2.75, 3.05) is 6.61 Å². The highest BCUT2D eigenvalue weighted by Crippen LogP contribution is 2.46. The van der Waals surface area contributed by atoms with Crippen molar-refractivity contribution in [1.82, 2.24) is 0 Å². The van der Waals surface area contributed by atoms with Crippen LogP contribution >= 0.6 is 0 Å². The van der Waals surface area contributed by atoms with Gasteiger partial charge in [-0.25, -0.2) is 9.18 Å². The second-order valence-corrected chi connectivity index (χ2v) is 9.79. The molecule has 2 nitrogen and oxygen atoms in total. The fourth-order valence-electron chi connectivity index (χ4n) is 4.71. The van der Waals surface area contributed by atoms with Crippen LogP contribution in [0.4, 0.5) is 4.39 Å². The second kappa shape index (κ2) is 12.2. The molecular weight excluding hydrogens is 399 g/mol. The Kier molecular flexibility index (Phi) is 9.93. The van der Waals surface area contributed by atoms with Crippen LogP contribution in [0.1, 0.15) is 108 Å². The number of carbonyl (C=O) groups is 1. The molecule has 0 saturated carbocycles. The monoisotopic (exact) mass is 440 g/mol. The van der Waals surface area contributed by atoms with Crippen molar-refractivity contribution in [2.24, 2.45) is 5.41 Å². The Labute approximate surface area is 194 Å². The van der Waals surface area contributed by atoms with Crippen molar-refractivity contribution in [3.63, 3.8) is 0 Å². The molecule has 0 heterocycles. The number of hydrogen-bond acceptors (Lipinski definition) is 2. The number of esters is 1. The van der Waals surface area contributed by atoms with Gasteiger partial charge in [-0.05, 0) is 73.8 Å². The van der Waals surface area contributed by atoms with E-state index in [9.17, 15) is 4.79 Å². The van der Waals surface area contributed by atoms with Gasteiger partial charge in [0.25, 0.3) is 0 Å². The van der Waals surface area contributed by atoms with Crippen molar-refractivity contribution in [1.29, 1.82) is 0 Å². The maximum atomic E-state index is 15.3. The summed E-state index contributed by atoms with van der Waals surface area (Å²) in [6.07, 6.45) is 10.2. The summed E-state index contributed by atoms with van der Waals surface area (Å²) >= 11 is 0.